The van der Waals surface area contributed by atoms with Crippen molar-refractivity contribution in [1.29, 1.82) is 0 Å². The molecule has 2 N–H and O–H groups in total. The highest BCUT2D eigenvalue weighted by atomic mass is 16.5. The van der Waals surface area contributed by atoms with Crippen molar-refractivity contribution in [3.05, 3.63) is 11.9 Å². The summed E-state index contributed by atoms with van der Waals surface area (Å²) in [5.41, 5.74) is 0.367. The molecule has 1 unspecified atom stereocenters. The highest BCUT2D eigenvalue weighted by molar-refractivity contribution is 5.92. The molecule has 2 rings (SSSR count). The second-order valence-electron chi connectivity index (χ2n) is 5.10. The molecule has 1 aromatic rings. The van der Waals surface area contributed by atoms with E-state index < -0.39 is 0 Å². The van der Waals surface area contributed by atoms with E-state index in [1.165, 1.54) is 0 Å². The predicted molar refractivity (Wildman–Crippen MR) is 74.6 cm³/mol. The first kappa shape index (κ1) is 14.9. The van der Waals surface area contributed by atoms with Crippen molar-refractivity contribution < 1.29 is 9.53 Å². The van der Waals surface area contributed by atoms with Gasteiger partial charge in [0.1, 0.15) is 0 Å². The first-order valence-corrected chi connectivity index (χ1v) is 7.22. The molecule has 112 valence electrons. The van der Waals surface area contributed by atoms with E-state index in [9.17, 15) is 4.79 Å². The number of nitrogens with zero attached hydrogens (tertiary/aromatic N) is 3. The number of nitrogens with one attached hydrogen (secondary N) is 2. The fourth-order valence-corrected chi connectivity index (χ4v) is 2.26. The van der Waals surface area contributed by atoms with Gasteiger partial charge < -0.3 is 15.4 Å². The summed E-state index contributed by atoms with van der Waals surface area (Å²) < 4.78 is 7.08. The maximum absolute atomic E-state index is 12.0. The number of hydrogen-bond acceptors (Lipinski definition) is 5. The van der Waals surface area contributed by atoms with Gasteiger partial charge in [-0.25, -0.2) is 4.68 Å². The number of carbonyl (C=O) groups is 1. The Morgan fingerprint density at radius 1 is 1.60 bits per heavy atom. The van der Waals surface area contributed by atoms with Crippen LogP contribution in [-0.2, 0) is 4.74 Å². The zero-order chi connectivity index (χ0) is 14.4. The minimum Gasteiger partial charge on any atom is -0.380 e. The Morgan fingerprint density at radius 3 is 3.05 bits per heavy atom. The van der Waals surface area contributed by atoms with E-state index in [2.05, 4.69) is 20.9 Å². The summed E-state index contributed by atoms with van der Waals surface area (Å²) in [5.74, 6) is -0.197. The lowest BCUT2D eigenvalue weighted by Gasteiger charge is -2.22. The average molecular weight is 281 g/mol. The van der Waals surface area contributed by atoms with Gasteiger partial charge in [-0.15, -0.1) is 5.10 Å². The van der Waals surface area contributed by atoms with Crippen LogP contribution in [0.4, 0.5) is 0 Å². The number of carbonyl (C=O) groups excluding carboxylic acids is 1. The van der Waals surface area contributed by atoms with Gasteiger partial charge in [0.2, 0.25) is 0 Å². The third-order valence-electron chi connectivity index (χ3n) is 3.38. The average Bonchev–Trinajstić information content (AvgIpc) is 2.96. The fourth-order valence-electron chi connectivity index (χ4n) is 2.26. The van der Waals surface area contributed by atoms with Gasteiger partial charge in [-0.3, -0.25) is 4.79 Å². The summed E-state index contributed by atoms with van der Waals surface area (Å²) in [4.78, 5) is 12.0. The number of aromatic nitrogens is 3. The number of ether oxygens (including phenoxy) is 1. The number of amides is 1. The molecule has 1 aliphatic rings. The monoisotopic (exact) mass is 281 g/mol. The highest BCUT2D eigenvalue weighted by Gasteiger charge is 2.19. The lowest BCUT2D eigenvalue weighted by Crippen LogP contribution is -2.36. The summed E-state index contributed by atoms with van der Waals surface area (Å²) in [6, 6.07) is 0.303. The second-order valence-corrected chi connectivity index (χ2v) is 5.10. The molecule has 0 aromatic carbocycles. The van der Waals surface area contributed by atoms with Crippen LogP contribution < -0.4 is 10.6 Å². The van der Waals surface area contributed by atoms with Crippen LogP contribution in [0.3, 0.4) is 0 Å². The third kappa shape index (κ3) is 4.01. The molecule has 1 aliphatic heterocycles. The molecular formula is C13H23N5O2. The molecule has 1 amide bonds. The Bertz CT molecular complexity index is 428. The first-order chi connectivity index (χ1) is 9.70. The molecule has 0 bridgehead atoms. The quantitative estimate of drug-likeness (QED) is 0.787. The van der Waals surface area contributed by atoms with Gasteiger partial charge in [0.25, 0.3) is 5.91 Å². The van der Waals surface area contributed by atoms with Crippen LogP contribution in [0, 0.1) is 0 Å². The number of hydrogen-bond donors (Lipinski definition) is 2. The van der Waals surface area contributed by atoms with Crippen molar-refractivity contribution in [3.8, 4) is 0 Å². The van der Waals surface area contributed by atoms with Crippen molar-refractivity contribution in [2.75, 3.05) is 26.3 Å². The van der Waals surface area contributed by atoms with Gasteiger partial charge in [0.05, 0.1) is 18.8 Å². The molecule has 1 fully saturated rings. The Balaban J connectivity index is 1.88. The largest absolute Gasteiger partial charge is 0.380 e. The Morgan fingerprint density at radius 2 is 2.35 bits per heavy atom. The summed E-state index contributed by atoms with van der Waals surface area (Å²) in [5, 5.41) is 14.2. The zero-order valence-electron chi connectivity index (χ0n) is 12.1. The maximum atomic E-state index is 12.0. The molecule has 7 nitrogen and oxygen atoms in total. The van der Waals surface area contributed by atoms with E-state index in [1.54, 1.807) is 6.20 Å². The van der Waals surface area contributed by atoms with E-state index >= 15 is 0 Å². The van der Waals surface area contributed by atoms with Gasteiger partial charge in [0, 0.05) is 12.6 Å². The lowest BCUT2D eigenvalue weighted by atomic mass is 10.1. The summed E-state index contributed by atoms with van der Waals surface area (Å²) in [7, 11) is 0. The lowest BCUT2D eigenvalue weighted by molar-refractivity contribution is 0.0867. The van der Waals surface area contributed by atoms with Crippen molar-refractivity contribution in [1.82, 2.24) is 25.6 Å². The standard InChI is InChI=1S/C13H23N5O2/c1-3-20-9-10(2)15-13(19)12-8-18(17-16-12)11-4-6-14-7-5-11/h8,10-11,14H,3-7,9H2,1-2H3,(H,15,19). The van der Waals surface area contributed by atoms with Crippen LogP contribution in [0.25, 0.3) is 0 Å². The van der Waals surface area contributed by atoms with Gasteiger partial charge in [-0.2, -0.15) is 0 Å². The Hall–Kier alpha value is -1.47. The van der Waals surface area contributed by atoms with E-state index in [1.807, 2.05) is 18.5 Å². The van der Waals surface area contributed by atoms with Gasteiger partial charge in [-0.1, -0.05) is 5.21 Å². The molecule has 1 aromatic heterocycles. The second kappa shape index (κ2) is 7.35. The SMILES string of the molecule is CCOCC(C)NC(=O)c1cn(C2CCNCC2)nn1. The normalized spacial score (nSPS) is 17.9. The summed E-state index contributed by atoms with van der Waals surface area (Å²) >= 11 is 0. The molecule has 0 aliphatic carbocycles. The summed E-state index contributed by atoms with van der Waals surface area (Å²) in [6.45, 7) is 6.95. The third-order valence-corrected chi connectivity index (χ3v) is 3.38. The fraction of sp³-hybridized carbons (Fsp3) is 0.769. The van der Waals surface area contributed by atoms with Gasteiger partial charge >= 0.3 is 0 Å². The first-order valence-electron chi connectivity index (χ1n) is 7.22. The van der Waals surface area contributed by atoms with Gasteiger partial charge in [0.15, 0.2) is 5.69 Å². The maximum Gasteiger partial charge on any atom is 0.273 e. The van der Waals surface area contributed by atoms with Gasteiger partial charge in [-0.05, 0) is 39.8 Å². The van der Waals surface area contributed by atoms with Crippen molar-refractivity contribution in [3.63, 3.8) is 0 Å². The smallest absolute Gasteiger partial charge is 0.273 e. The van der Waals surface area contributed by atoms with E-state index in [0.29, 0.717) is 24.9 Å². The molecule has 20 heavy (non-hydrogen) atoms. The molecular weight excluding hydrogens is 258 g/mol. The molecule has 2 heterocycles. The molecule has 1 saturated heterocycles. The zero-order valence-corrected chi connectivity index (χ0v) is 12.1. The van der Waals surface area contributed by atoms with Crippen LogP contribution in [0.15, 0.2) is 6.20 Å². The predicted octanol–water partition coefficient (Wildman–Crippen LogP) is 0.357. The van der Waals surface area contributed by atoms with E-state index in [0.717, 1.165) is 25.9 Å². The topological polar surface area (TPSA) is 81.1 Å². The van der Waals surface area contributed by atoms with Crippen LogP contribution in [0.1, 0.15) is 43.2 Å². The number of piperidine rings is 1. The van der Waals surface area contributed by atoms with Crippen molar-refractivity contribution in [2.45, 2.75) is 38.8 Å². The minimum atomic E-state index is -0.197. The number of rotatable bonds is 6. The van der Waals surface area contributed by atoms with Crippen LogP contribution in [-0.4, -0.2) is 53.2 Å². The minimum absolute atomic E-state index is 0.0357. The van der Waals surface area contributed by atoms with E-state index in [-0.39, 0.29) is 11.9 Å². The molecule has 7 heteroatoms. The van der Waals surface area contributed by atoms with Crippen LogP contribution in [0.2, 0.25) is 0 Å². The van der Waals surface area contributed by atoms with Crippen molar-refractivity contribution >= 4 is 5.91 Å². The molecule has 0 spiro atoms. The van der Waals surface area contributed by atoms with Crippen LogP contribution >= 0.6 is 0 Å². The molecule has 1 atom stereocenters. The molecule has 0 radical (unpaired) electrons. The Kier molecular flexibility index (Phi) is 5.49. The van der Waals surface area contributed by atoms with E-state index in [4.69, 9.17) is 4.74 Å². The summed E-state index contributed by atoms with van der Waals surface area (Å²) in [6.07, 6.45) is 3.77. The highest BCUT2D eigenvalue weighted by Crippen LogP contribution is 2.16. The molecule has 0 saturated carbocycles. The Labute approximate surface area is 119 Å². The van der Waals surface area contributed by atoms with Crippen molar-refractivity contribution in [2.24, 2.45) is 0 Å². The van der Waals surface area contributed by atoms with Crippen LogP contribution in [0.5, 0.6) is 0 Å².